The lowest BCUT2D eigenvalue weighted by atomic mass is 10.1. The van der Waals surface area contributed by atoms with E-state index in [1.54, 1.807) is 37.1 Å². The molecule has 144 valence electrons. The van der Waals surface area contributed by atoms with Crippen molar-refractivity contribution in [3.8, 4) is 5.75 Å². The number of aromatic nitrogens is 4. The first-order valence-electron chi connectivity index (χ1n) is 9.00. The first-order valence-corrected chi connectivity index (χ1v) is 9.00. The molecule has 27 heavy (non-hydrogen) atoms. The van der Waals surface area contributed by atoms with Crippen LogP contribution in [0, 0.1) is 0 Å². The lowest BCUT2D eigenvalue weighted by Crippen LogP contribution is -2.40. The number of nitrogens with one attached hydrogen (secondary N) is 1. The quantitative estimate of drug-likeness (QED) is 0.598. The Morgan fingerprint density at radius 1 is 1.19 bits per heavy atom. The number of imidazole rings is 1. The SMILES string of the molecule is CC(Cc1ccc(O)cc1)NCCCn1c(=O)c2c(ncn2C)n(C)c1=O. The lowest BCUT2D eigenvalue weighted by Gasteiger charge is -2.14. The molecule has 1 aromatic carbocycles. The van der Waals surface area contributed by atoms with Crippen LogP contribution in [0.5, 0.6) is 5.75 Å². The summed E-state index contributed by atoms with van der Waals surface area (Å²) in [4.78, 5) is 29.2. The molecule has 0 radical (unpaired) electrons. The maximum absolute atomic E-state index is 12.6. The molecule has 0 spiro atoms. The van der Waals surface area contributed by atoms with Gasteiger partial charge in [-0.1, -0.05) is 12.1 Å². The summed E-state index contributed by atoms with van der Waals surface area (Å²) in [7, 11) is 3.38. The van der Waals surface area contributed by atoms with Crippen LogP contribution in [0.2, 0.25) is 0 Å². The molecule has 2 aromatic heterocycles. The van der Waals surface area contributed by atoms with Gasteiger partial charge in [0.25, 0.3) is 5.56 Å². The molecule has 8 nitrogen and oxygen atoms in total. The van der Waals surface area contributed by atoms with Gasteiger partial charge in [-0.05, 0) is 44.0 Å². The van der Waals surface area contributed by atoms with Crippen LogP contribution in [0.1, 0.15) is 18.9 Å². The molecular weight excluding hydrogens is 346 g/mol. The fourth-order valence-electron chi connectivity index (χ4n) is 3.24. The van der Waals surface area contributed by atoms with Crippen molar-refractivity contribution >= 4 is 11.2 Å². The summed E-state index contributed by atoms with van der Waals surface area (Å²) in [5.74, 6) is 0.261. The van der Waals surface area contributed by atoms with Crippen LogP contribution in [0.15, 0.2) is 40.2 Å². The molecule has 0 aliphatic heterocycles. The maximum atomic E-state index is 12.6. The van der Waals surface area contributed by atoms with Crippen LogP contribution in [0.4, 0.5) is 0 Å². The van der Waals surface area contributed by atoms with E-state index in [0.29, 0.717) is 30.7 Å². The molecule has 3 rings (SSSR count). The predicted molar refractivity (Wildman–Crippen MR) is 104 cm³/mol. The van der Waals surface area contributed by atoms with Crippen molar-refractivity contribution in [2.45, 2.75) is 32.4 Å². The van der Waals surface area contributed by atoms with Crippen LogP contribution in [0.3, 0.4) is 0 Å². The average molecular weight is 371 g/mol. The van der Waals surface area contributed by atoms with Gasteiger partial charge in [-0.25, -0.2) is 9.78 Å². The molecular formula is C19H25N5O3. The number of benzene rings is 1. The number of phenols is 1. The van der Waals surface area contributed by atoms with Crippen molar-refractivity contribution in [3.05, 3.63) is 57.0 Å². The van der Waals surface area contributed by atoms with Gasteiger partial charge in [0.15, 0.2) is 11.2 Å². The van der Waals surface area contributed by atoms with Crippen molar-refractivity contribution in [2.24, 2.45) is 14.1 Å². The van der Waals surface area contributed by atoms with E-state index in [1.807, 2.05) is 12.1 Å². The monoisotopic (exact) mass is 371 g/mol. The first-order chi connectivity index (χ1) is 12.9. The summed E-state index contributed by atoms with van der Waals surface area (Å²) in [6.07, 6.45) is 3.05. The van der Waals surface area contributed by atoms with Crippen LogP contribution in [-0.4, -0.2) is 36.4 Å². The van der Waals surface area contributed by atoms with Crippen LogP contribution >= 0.6 is 0 Å². The number of aryl methyl sites for hydroxylation is 2. The van der Waals surface area contributed by atoms with Gasteiger partial charge >= 0.3 is 5.69 Å². The lowest BCUT2D eigenvalue weighted by molar-refractivity contribution is 0.474. The highest BCUT2D eigenvalue weighted by molar-refractivity contribution is 5.69. The maximum Gasteiger partial charge on any atom is 0.332 e. The number of fused-ring (bicyclic) bond motifs is 1. The van der Waals surface area contributed by atoms with Gasteiger partial charge in [-0.2, -0.15) is 0 Å². The van der Waals surface area contributed by atoms with E-state index in [0.717, 1.165) is 12.0 Å². The number of hydrogen-bond donors (Lipinski definition) is 2. The normalized spacial score (nSPS) is 12.6. The van der Waals surface area contributed by atoms with Crippen molar-refractivity contribution in [2.75, 3.05) is 6.54 Å². The van der Waals surface area contributed by atoms with Gasteiger partial charge < -0.3 is 15.0 Å². The molecule has 0 amide bonds. The van der Waals surface area contributed by atoms with Gasteiger partial charge in [0.1, 0.15) is 5.75 Å². The molecule has 0 aliphatic carbocycles. The molecule has 2 N–H and O–H groups in total. The molecule has 8 heteroatoms. The smallest absolute Gasteiger partial charge is 0.332 e. The second-order valence-corrected chi connectivity index (χ2v) is 6.91. The number of aromatic hydroxyl groups is 1. The Balaban J connectivity index is 1.61. The van der Waals surface area contributed by atoms with E-state index in [1.165, 1.54) is 9.13 Å². The molecule has 0 saturated carbocycles. The molecule has 0 aliphatic rings. The molecule has 0 fully saturated rings. The first kappa shape index (κ1) is 18.9. The third-order valence-corrected chi connectivity index (χ3v) is 4.73. The highest BCUT2D eigenvalue weighted by Gasteiger charge is 2.14. The summed E-state index contributed by atoms with van der Waals surface area (Å²) in [5.41, 5.74) is 1.34. The second kappa shape index (κ2) is 7.79. The molecule has 1 atom stereocenters. The highest BCUT2D eigenvalue weighted by Crippen LogP contribution is 2.11. The fraction of sp³-hybridized carbons (Fsp3) is 0.421. The number of hydrogen-bond acceptors (Lipinski definition) is 5. The number of rotatable bonds is 7. The van der Waals surface area contributed by atoms with Crippen LogP contribution in [-0.2, 0) is 27.1 Å². The van der Waals surface area contributed by atoms with E-state index in [4.69, 9.17) is 0 Å². The van der Waals surface area contributed by atoms with Crippen molar-refractivity contribution < 1.29 is 5.11 Å². The Morgan fingerprint density at radius 3 is 2.59 bits per heavy atom. The minimum Gasteiger partial charge on any atom is -0.508 e. The molecule has 2 heterocycles. The Morgan fingerprint density at radius 2 is 1.89 bits per heavy atom. The Hall–Kier alpha value is -2.87. The third-order valence-electron chi connectivity index (χ3n) is 4.73. The van der Waals surface area contributed by atoms with Crippen LogP contribution < -0.4 is 16.6 Å². The molecule has 1 unspecified atom stereocenters. The van der Waals surface area contributed by atoms with E-state index in [-0.39, 0.29) is 23.0 Å². The van der Waals surface area contributed by atoms with Gasteiger partial charge in [0.05, 0.1) is 6.33 Å². The van der Waals surface area contributed by atoms with Gasteiger partial charge in [-0.15, -0.1) is 0 Å². The van der Waals surface area contributed by atoms with Crippen molar-refractivity contribution in [1.82, 2.24) is 24.0 Å². The van der Waals surface area contributed by atoms with E-state index in [2.05, 4.69) is 17.2 Å². The minimum atomic E-state index is -0.344. The standard InChI is InChI=1S/C19H25N5O3/c1-13(11-14-5-7-15(25)8-6-14)20-9-4-10-24-18(26)16-17(21-12-22(16)2)23(3)19(24)27/h5-8,12-13,20,25H,4,9-11H2,1-3H3. The van der Waals surface area contributed by atoms with Crippen molar-refractivity contribution in [1.29, 1.82) is 0 Å². The fourth-order valence-corrected chi connectivity index (χ4v) is 3.24. The summed E-state index contributed by atoms with van der Waals surface area (Å²) in [6.45, 7) is 3.13. The minimum absolute atomic E-state index is 0.244. The van der Waals surface area contributed by atoms with Crippen LogP contribution in [0.25, 0.3) is 11.2 Å². The summed E-state index contributed by atoms with van der Waals surface area (Å²) in [6, 6.07) is 7.41. The zero-order valence-electron chi connectivity index (χ0n) is 15.8. The Labute approximate surface area is 156 Å². The third kappa shape index (κ3) is 3.95. The zero-order chi connectivity index (χ0) is 19.6. The summed E-state index contributed by atoms with van der Waals surface area (Å²) < 4.78 is 4.33. The topological polar surface area (TPSA) is 94.1 Å². The number of phenolic OH excluding ortho intramolecular Hbond substituents is 1. The molecule has 3 aromatic rings. The zero-order valence-corrected chi connectivity index (χ0v) is 15.8. The van der Waals surface area contributed by atoms with Gasteiger partial charge in [-0.3, -0.25) is 13.9 Å². The second-order valence-electron chi connectivity index (χ2n) is 6.91. The predicted octanol–water partition coefficient (Wildman–Crippen LogP) is 0.750. The van der Waals surface area contributed by atoms with Gasteiger partial charge in [0, 0.05) is 26.7 Å². The summed E-state index contributed by atoms with van der Waals surface area (Å²) >= 11 is 0. The highest BCUT2D eigenvalue weighted by atomic mass is 16.3. The average Bonchev–Trinajstić information content (AvgIpc) is 3.03. The molecule has 0 bridgehead atoms. The summed E-state index contributed by atoms with van der Waals surface area (Å²) in [5, 5.41) is 12.7. The van der Waals surface area contributed by atoms with E-state index in [9.17, 15) is 14.7 Å². The van der Waals surface area contributed by atoms with E-state index < -0.39 is 0 Å². The number of nitrogens with zero attached hydrogens (tertiary/aromatic N) is 4. The largest absolute Gasteiger partial charge is 0.508 e. The Kier molecular flexibility index (Phi) is 5.46. The van der Waals surface area contributed by atoms with E-state index >= 15 is 0 Å². The van der Waals surface area contributed by atoms with Gasteiger partial charge in [0.2, 0.25) is 0 Å². The molecule has 0 saturated heterocycles. The van der Waals surface area contributed by atoms with Crippen molar-refractivity contribution in [3.63, 3.8) is 0 Å². The Bertz CT molecular complexity index is 1050.